The summed E-state index contributed by atoms with van der Waals surface area (Å²) in [5.74, 6) is -1.30. The standard InChI is InChI=1S/C9H6N2O3/c12-9(13)8-5-7(11-14-8)6-1-3-10-4-2-6/h1-5H,(H,12,13). The lowest BCUT2D eigenvalue weighted by Crippen LogP contribution is -1.91. The second-order valence-corrected chi connectivity index (χ2v) is 2.62. The van der Waals surface area contributed by atoms with Gasteiger partial charge in [0.25, 0.3) is 0 Å². The number of aromatic nitrogens is 2. The Hall–Kier alpha value is -2.17. The molecule has 0 bridgehead atoms. The number of carboxylic acids is 1. The first-order chi connectivity index (χ1) is 6.77. The van der Waals surface area contributed by atoms with Crippen molar-refractivity contribution in [3.63, 3.8) is 0 Å². The van der Waals surface area contributed by atoms with Gasteiger partial charge in [-0.1, -0.05) is 5.16 Å². The van der Waals surface area contributed by atoms with Gasteiger partial charge in [0.05, 0.1) is 0 Å². The Morgan fingerprint density at radius 1 is 1.36 bits per heavy atom. The molecule has 0 aliphatic rings. The van der Waals surface area contributed by atoms with Crippen molar-refractivity contribution in [2.45, 2.75) is 0 Å². The van der Waals surface area contributed by atoms with Gasteiger partial charge in [0.1, 0.15) is 5.69 Å². The molecule has 0 aromatic carbocycles. The number of hydrogen-bond donors (Lipinski definition) is 1. The molecule has 0 spiro atoms. The van der Waals surface area contributed by atoms with E-state index in [1.54, 1.807) is 24.5 Å². The highest BCUT2D eigenvalue weighted by Crippen LogP contribution is 2.17. The SMILES string of the molecule is O=C(O)c1cc(-c2ccncc2)no1. The van der Waals surface area contributed by atoms with Crippen LogP contribution in [-0.2, 0) is 0 Å². The zero-order chi connectivity index (χ0) is 9.97. The molecule has 0 unspecified atom stereocenters. The van der Waals surface area contributed by atoms with E-state index in [0.717, 1.165) is 5.56 Å². The first kappa shape index (κ1) is 8.43. The summed E-state index contributed by atoms with van der Waals surface area (Å²) >= 11 is 0. The zero-order valence-electron chi connectivity index (χ0n) is 7.04. The Kier molecular flexibility index (Phi) is 1.98. The van der Waals surface area contributed by atoms with E-state index >= 15 is 0 Å². The third kappa shape index (κ3) is 1.47. The van der Waals surface area contributed by atoms with Crippen LogP contribution in [0, 0.1) is 0 Å². The topological polar surface area (TPSA) is 76.2 Å². The predicted octanol–water partition coefficient (Wildman–Crippen LogP) is 1.43. The number of pyridine rings is 1. The van der Waals surface area contributed by atoms with Gasteiger partial charge in [-0.15, -0.1) is 0 Å². The highest BCUT2D eigenvalue weighted by atomic mass is 16.5. The maximum Gasteiger partial charge on any atom is 0.374 e. The summed E-state index contributed by atoms with van der Waals surface area (Å²) in [4.78, 5) is 14.3. The van der Waals surface area contributed by atoms with Gasteiger partial charge in [0.15, 0.2) is 0 Å². The number of aromatic carboxylic acids is 1. The van der Waals surface area contributed by atoms with Crippen molar-refractivity contribution >= 4 is 5.97 Å². The Bertz CT molecular complexity index is 450. The van der Waals surface area contributed by atoms with Crippen LogP contribution in [0.1, 0.15) is 10.6 Å². The number of nitrogens with zero attached hydrogens (tertiary/aromatic N) is 2. The minimum atomic E-state index is -1.13. The normalized spacial score (nSPS) is 10.0. The summed E-state index contributed by atoms with van der Waals surface area (Å²) in [5, 5.41) is 12.2. The Morgan fingerprint density at radius 2 is 2.07 bits per heavy atom. The molecule has 0 saturated carbocycles. The molecular formula is C9H6N2O3. The van der Waals surface area contributed by atoms with Gasteiger partial charge in [0.2, 0.25) is 5.76 Å². The summed E-state index contributed by atoms with van der Waals surface area (Å²) < 4.78 is 4.61. The minimum Gasteiger partial charge on any atom is -0.475 e. The monoisotopic (exact) mass is 190 g/mol. The molecule has 2 aromatic heterocycles. The van der Waals surface area contributed by atoms with Crippen LogP contribution in [-0.4, -0.2) is 21.2 Å². The summed E-state index contributed by atoms with van der Waals surface area (Å²) in [6.45, 7) is 0. The van der Waals surface area contributed by atoms with Crippen molar-refractivity contribution < 1.29 is 14.4 Å². The highest BCUT2D eigenvalue weighted by molar-refractivity contribution is 5.85. The summed E-state index contributed by atoms with van der Waals surface area (Å²) in [6.07, 6.45) is 3.20. The molecule has 5 heteroatoms. The van der Waals surface area contributed by atoms with Gasteiger partial charge in [-0.05, 0) is 12.1 Å². The Morgan fingerprint density at radius 3 is 2.64 bits per heavy atom. The van der Waals surface area contributed by atoms with Gasteiger partial charge < -0.3 is 9.63 Å². The van der Waals surface area contributed by atoms with E-state index in [1.165, 1.54) is 6.07 Å². The van der Waals surface area contributed by atoms with E-state index < -0.39 is 5.97 Å². The Labute approximate surface area is 79.0 Å². The predicted molar refractivity (Wildman–Crippen MR) is 46.7 cm³/mol. The second-order valence-electron chi connectivity index (χ2n) is 2.62. The lowest BCUT2D eigenvalue weighted by atomic mass is 10.2. The maximum atomic E-state index is 10.5. The number of hydrogen-bond acceptors (Lipinski definition) is 4. The summed E-state index contributed by atoms with van der Waals surface area (Å²) in [7, 11) is 0. The van der Waals surface area contributed by atoms with Crippen LogP contribution in [0.15, 0.2) is 35.1 Å². The maximum absolute atomic E-state index is 10.5. The fourth-order valence-electron chi connectivity index (χ4n) is 1.03. The first-order valence-electron chi connectivity index (χ1n) is 3.88. The minimum absolute atomic E-state index is 0.170. The molecule has 0 radical (unpaired) electrons. The van der Waals surface area contributed by atoms with Crippen molar-refractivity contribution in [3.8, 4) is 11.3 Å². The molecule has 0 amide bonds. The average Bonchev–Trinajstić information content (AvgIpc) is 2.68. The first-order valence-corrected chi connectivity index (χ1v) is 3.88. The summed E-state index contributed by atoms with van der Waals surface area (Å²) in [5.41, 5.74) is 1.26. The molecule has 2 aromatic rings. The summed E-state index contributed by atoms with van der Waals surface area (Å²) in [6, 6.07) is 4.82. The van der Waals surface area contributed by atoms with Crippen molar-refractivity contribution in [3.05, 3.63) is 36.4 Å². The lowest BCUT2D eigenvalue weighted by molar-refractivity contribution is 0.0652. The van der Waals surface area contributed by atoms with Crippen molar-refractivity contribution in [2.24, 2.45) is 0 Å². The van der Waals surface area contributed by atoms with Crippen LogP contribution >= 0.6 is 0 Å². The van der Waals surface area contributed by atoms with Gasteiger partial charge >= 0.3 is 5.97 Å². The third-order valence-corrected chi connectivity index (χ3v) is 1.70. The number of rotatable bonds is 2. The highest BCUT2D eigenvalue weighted by Gasteiger charge is 2.11. The van der Waals surface area contributed by atoms with Crippen LogP contribution in [0.25, 0.3) is 11.3 Å². The molecule has 2 heterocycles. The van der Waals surface area contributed by atoms with Crippen LogP contribution < -0.4 is 0 Å². The number of carbonyl (C=O) groups is 1. The van der Waals surface area contributed by atoms with Gasteiger partial charge in [-0.3, -0.25) is 4.98 Å². The van der Waals surface area contributed by atoms with E-state index in [4.69, 9.17) is 5.11 Å². The van der Waals surface area contributed by atoms with Crippen LogP contribution in [0.5, 0.6) is 0 Å². The van der Waals surface area contributed by atoms with Crippen molar-refractivity contribution in [2.75, 3.05) is 0 Å². The lowest BCUT2D eigenvalue weighted by Gasteiger charge is -1.90. The molecular weight excluding hydrogens is 184 g/mol. The molecule has 1 N–H and O–H groups in total. The fourth-order valence-corrected chi connectivity index (χ4v) is 1.03. The molecule has 14 heavy (non-hydrogen) atoms. The quantitative estimate of drug-likeness (QED) is 0.775. The molecule has 0 saturated heterocycles. The van der Waals surface area contributed by atoms with Crippen molar-refractivity contribution in [1.29, 1.82) is 0 Å². The van der Waals surface area contributed by atoms with E-state index in [9.17, 15) is 4.79 Å². The molecule has 2 rings (SSSR count). The van der Waals surface area contributed by atoms with E-state index in [2.05, 4.69) is 14.7 Å². The van der Waals surface area contributed by atoms with E-state index in [-0.39, 0.29) is 5.76 Å². The van der Waals surface area contributed by atoms with Gasteiger partial charge in [0, 0.05) is 24.0 Å². The van der Waals surface area contributed by atoms with Gasteiger partial charge in [-0.2, -0.15) is 0 Å². The largest absolute Gasteiger partial charge is 0.475 e. The third-order valence-electron chi connectivity index (χ3n) is 1.70. The van der Waals surface area contributed by atoms with Crippen molar-refractivity contribution in [1.82, 2.24) is 10.1 Å². The van der Waals surface area contributed by atoms with Crippen LogP contribution in [0.4, 0.5) is 0 Å². The van der Waals surface area contributed by atoms with Gasteiger partial charge in [-0.25, -0.2) is 4.79 Å². The molecule has 0 aliphatic carbocycles. The molecule has 5 nitrogen and oxygen atoms in total. The zero-order valence-corrected chi connectivity index (χ0v) is 7.04. The molecule has 0 atom stereocenters. The molecule has 0 aliphatic heterocycles. The average molecular weight is 190 g/mol. The van der Waals surface area contributed by atoms with E-state index in [1.807, 2.05) is 0 Å². The van der Waals surface area contributed by atoms with Crippen LogP contribution in [0.2, 0.25) is 0 Å². The molecule has 70 valence electrons. The second kappa shape index (κ2) is 3.29. The Balaban J connectivity index is 2.39. The smallest absolute Gasteiger partial charge is 0.374 e. The van der Waals surface area contributed by atoms with E-state index in [0.29, 0.717) is 5.69 Å². The fraction of sp³-hybridized carbons (Fsp3) is 0. The number of carboxylic acid groups (broad SMARTS) is 1. The molecule has 0 fully saturated rings. The van der Waals surface area contributed by atoms with Crippen LogP contribution in [0.3, 0.4) is 0 Å².